The van der Waals surface area contributed by atoms with Crippen LogP contribution in [0.4, 0.5) is 0 Å². The summed E-state index contributed by atoms with van der Waals surface area (Å²) >= 11 is 5.48. The van der Waals surface area contributed by atoms with E-state index in [0.29, 0.717) is 6.42 Å². The first-order valence-electron chi connectivity index (χ1n) is 7.01. The molecule has 0 fully saturated rings. The molecule has 1 atom stereocenters. The van der Waals surface area contributed by atoms with E-state index in [4.69, 9.17) is 16.3 Å². The Bertz CT molecular complexity index is 197. The van der Waals surface area contributed by atoms with E-state index in [-0.39, 0.29) is 12.0 Å². The molecular weight excluding hydrogens is 252 g/mol. The van der Waals surface area contributed by atoms with E-state index >= 15 is 0 Å². The Morgan fingerprint density at radius 1 is 1.06 bits per heavy atom. The number of hydrogen-bond acceptors (Lipinski definition) is 3. The molecule has 0 aliphatic carbocycles. The zero-order chi connectivity index (χ0) is 13.6. The third kappa shape index (κ3) is 9.72. The number of carbonyl (C=O) groups excluding carboxylic acids is 1. The number of halogens is 1. The van der Waals surface area contributed by atoms with Gasteiger partial charge < -0.3 is 9.47 Å². The van der Waals surface area contributed by atoms with Crippen LogP contribution in [0.25, 0.3) is 0 Å². The van der Waals surface area contributed by atoms with Crippen LogP contribution >= 0.6 is 11.6 Å². The molecule has 0 N–H and O–H groups in total. The van der Waals surface area contributed by atoms with Crippen LogP contribution in [0.3, 0.4) is 0 Å². The summed E-state index contributed by atoms with van der Waals surface area (Å²) in [5.74, 6) is -0.321. The van der Waals surface area contributed by atoms with Crippen molar-refractivity contribution in [2.75, 3.05) is 13.2 Å². The van der Waals surface area contributed by atoms with Crippen molar-refractivity contribution in [3.05, 3.63) is 0 Å². The lowest BCUT2D eigenvalue weighted by Crippen LogP contribution is -2.25. The van der Waals surface area contributed by atoms with Crippen molar-refractivity contribution < 1.29 is 14.3 Å². The highest BCUT2D eigenvalue weighted by Crippen LogP contribution is 2.12. The average Bonchev–Trinajstić information content (AvgIpc) is 2.39. The number of alkyl halides is 1. The van der Waals surface area contributed by atoms with Crippen LogP contribution in [0.5, 0.6) is 0 Å². The summed E-state index contributed by atoms with van der Waals surface area (Å²) in [7, 11) is 1.38. The molecule has 18 heavy (non-hydrogen) atoms. The third-order valence-corrected chi connectivity index (χ3v) is 3.17. The van der Waals surface area contributed by atoms with Crippen molar-refractivity contribution in [1.82, 2.24) is 0 Å². The summed E-state index contributed by atoms with van der Waals surface area (Å²) < 4.78 is 9.81. The number of unbranched alkanes of at least 4 members (excludes halogenated alkanes) is 7. The Morgan fingerprint density at radius 2 is 1.61 bits per heavy atom. The molecule has 0 bridgehead atoms. The van der Waals surface area contributed by atoms with E-state index in [9.17, 15) is 4.79 Å². The monoisotopic (exact) mass is 278 g/mol. The maximum Gasteiger partial charge on any atom is 0.335 e. The molecule has 1 unspecified atom stereocenters. The van der Waals surface area contributed by atoms with Crippen molar-refractivity contribution in [2.24, 2.45) is 0 Å². The summed E-state index contributed by atoms with van der Waals surface area (Å²) in [5.41, 5.74) is 0. The Kier molecular flexibility index (Phi) is 13.0. The molecule has 0 aromatic carbocycles. The van der Waals surface area contributed by atoms with Crippen molar-refractivity contribution >= 4 is 17.6 Å². The predicted octanol–water partition coefficient (Wildman–Crippen LogP) is 4.27. The second-order valence-corrected chi connectivity index (χ2v) is 4.77. The zero-order valence-electron chi connectivity index (χ0n) is 11.8. The minimum atomic E-state index is -0.493. The summed E-state index contributed by atoms with van der Waals surface area (Å²) in [6, 6.07) is 0.0385. The van der Waals surface area contributed by atoms with E-state index in [0.717, 1.165) is 12.8 Å². The van der Waals surface area contributed by atoms with Crippen LogP contribution < -0.4 is 0 Å². The highest BCUT2D eigenvalue weighted by molar-refractivity contribution is 6.17. The summed E-state index contributed by atoms with van der Waals surface area (Å²) in [6.45, 7) is 2.23. The van der Waals surface area contributed by atoms with Gasteiger partial charge in [0.25, 0.3) is 0 Å². The van der Waals surface area contributed by atoms with Crippen molar-refractivity contribution in [1.29, 1.82) is 0 Å². The SMILES string of the molecule is CCCCCCCCCCC(OCCl)C(=O)OC. The molecule has 0 heterocycles. The third-order valence-electron chi connectivity index (χ3n) is 3.05. The normalized spacial score (nSPS) is 12.4. The van der Waals surface area contributed by atoms with Gasteiger partial charge in [0.2, 0.25) is 0 Å². The first kappa shape index (κ1) is 17.7. The van der Waals surface area contributed by atoms with Gasteiger partial charge in [-0.25, -0.2) is 4.79 Å². The minimum absolute atomic E-state index is 0.0385. The van der Waals surface area contributed by atoms with Gasteiger partial charge in [-0.1, -0.05) is 69.9 Å². The van der Waals surface area contributed by atoms with Gasteiger partial charge in [0.05, 0.1) is 7.11 Å². The molecule has 0 aliphatic rings. The highest BCUT2D eigenvalue weighted by Gasteiger charge is 2.18. The second kappa shape index (κ2) is 13.2. The number of hydrogen-bond donors (Lipinski definition) is 0. The molecule has 0 aromatic rings. The van der Waals surface area contributed by atoms with E-state index < -0.39 is 6.10 Å². The topological polar surface area (TPSA) is 35.5 Å². The molecule has 3 nitrogen and oxygen atoms in total. The fraction of sp³-hybridized carbons (Fsp3) is 0.929. The second-order valence-electron chi connectivity index (χ2n) is 4.55. The summed E-state index contributed by atoms with van der Waals surface area (Å²) in [5, 5.41) is 0. The van der Waals surface area contributed by atoms with Crippen LogP contribution in [-0.4, -0.2) is 25.2 Å². The number of ether oxygens (including phenoxy) is 2. The quantitative estimate of drug-likeness (QED) is 0.304. The van der Waals surface area contributed by atoms with E-state index in [2.05, 4.69) is 11.7 Å². The molecule has 0 aromatic heterocycles. The molecule has 0 saturated heterocycles. The fourth-order valence-corrected chi connectivity index (χ4v) is 2.09. The Hall–Kier alpha value is -0.280. The van der Waals surface area contributed by atoms with Gasteiger partial charge in [0, 0.05) is 0 Å². The Balaban J connectivity index is 3.46. The van der Waals surface area contributed by atoms with Crippen molar-refractivity contribution in [3.8, 4) is 0 Å². The van der Waals surface area contributed by atoms with Crippen LogP contribution in [0, 0.1) is 0 Å². The first-order valence-corrected chi connectivity index (χ1v) is 7.55. The highest BCUT2D eigenvalue weighted by atomic mass is 35.5. The van der Waals surface area contributed by atoms with E-state index in [1.54, 1.807) is 0 Å². The van der Waals surface area contributed by atoms with Crippen LogP contribution in [0.1, 0.15) is 64.7 Å². The van der Waals surface area contributed by atoms with Crippen LogP contribution in [-0.2, 0) is 14.3 Å². The van der Waals surface area contributed by atoms with Gasteiger partial charge in [-0.05, 0) is 6.42 Å². The lowest BCUT2D eigenvalue weighted by atomic mass is 10.1. The fourth-order valence-electron chi connectivity index (χ4n) is 1.94. The van der Waals surface area contributed by atoms with Gasteiger partial charge >= 0.3 is 5.97 Å². The maximum atomic E-state index is 11.3. The molecular formula is C14H27ClO3. The van der Waals surface area contributed by atoms with Gasteiger partial charge in [0.1, 0.15) is 6.07 Å². The van der Waals surface area contributed by atoms with Gasteiger partial charge in [-0.3, -0.25) is 0 Å². The van der Waals surface area contributed by atoms with Crippen LogP contribution in [0.15, 0.2) is 0 Å². The van der Waals surface area contributed by atoms with Crippen molar-refractivity contribution in [2.45, 2.75) is 70.8 Å². The molecule has 0 rings (SSSR count). The van der Waals surface area contributed by atoms with Gasteiger partial charge in [-0.2, -0.15) is 0 Å². The van der Waals surface area contributed by atoms with Crippen LogP contribution in [0.2, 0.25) is 0 Å². The summed E-state index contributed by atoms with van der Waals surface area (Å²) in [6.07, 6.45) is 10.2. The first-order chi connectivity index (χ1) is 8.76. The number of esters is 1. The lowest BCUT2D eigenvalue weighted by Gasteiger charge is -2.13. The number of methoxy groups -OCH3 is 1. The molecule has 0 amide bonds. The standard InChI is InChI=1S/C14H27ClO3/c1-3-4-5-6-7-8-9-10-11-13(18-12-15)14(16)17-2/h13H,3-12H2,1-2H3. The average molecular weight is 279 g/mol. The Morgan fingerprint density at radius 3 is 2.11 bits per heavy atom. The van der Waals surface area contributed by atoms with E-state index in [1.165, 1.54) is 45.6 Å². The number of rotatable bonds is 12. The molecule has 0 saturated carbocycles. The lowest BCUT2D eigenvalue weighted by molar-refractivity contribution is -0.153. The molecule has 0 spiro atoms. The zero-order valence-corrected chi connectivity index (χ0v) is 12.5. The molecule has 0 aliphatic heterocycles. The predicted molar refractivity (Wildman–Crippen MR) is 74.8 cm³/mol. The van der Waals surface area contributed by atoms with Gasteiger partial charge in [-0.15, -0.1) is 0 Å². The molecule has 4 heteroatoms. The largest absolute Gasteiger partial charge is 0.467 e. The summed E-state index contributed by atoms with van der Waals surface area (Å²) in [4.78, 5) is 11.3. The maximum absolute atomic E-state index is 11.3. The van der Waals surface area contributed by atoms with Crippen molar-refractivity contribution in [3.63, 3.8) is 0 Å². The smallest absolute Gasteiger partial charge is 0.335 e. The van der Waals surface area contributed by atoms with Gasteiger partial charge in [0.15, 0.2) is 6.10 Å². The molecule has 108 valence electrons. The minimum Gasteiger partial charge on any atom is -0.467 e. The number of carbonyl (C=O) groups is 1. The Labute approximate surface area is 116 Å². The van der Waals surface area contributed by atoms with E-state index in [1.807, 2.05) is 0 Å². The molecule has 0 radical (unpaired) electrons.